The first kappa shape index (κ1) is 16.3. The van der Waals surface area contributed by atoms with Gasteiger partial charge in [-0.05, 0) is 43.0 Å². The van der Waals surface area contributed by atoms with Gasteiger partial charge in [-0.15, -0.1) is 0 Å². The number of carbonyl (C=O) groups is 1. The smallest absolute Gasteiger partial charge is 0.339 e. The molecule has 0 unspecified atom stereocenters. The minimum atomic E-state index is -0.261. The van der Waals surface area contributed by atoms with Crippen molar-refractivity contribution in [2.45, 2.75) is 40.0 Å². The lowest BCUT2D eigenvalue weighted by atomic mass is 10.0. The van der Waals surface area contributed by atoms with Crippen LogP contribution >= 0.6 is 0 Å². The highest BCUT2D eigenvalue weighted by atomic mass is 16.5. The number of hydrogen-bond donors (Lipinski definition) is 0. The lowest BCUT2D eigenvalue weighted by Gasteiger charge is -2.12. The van der Waals surface area contributed by atoms with Crippen LogP contribution in [0.15, 0.2) is 18.2 Å². The largest absolute Gasteiger partial charge is 0.497 e. The van der Waals surface area contributed by atoms with E-state index in [9.17, 15) is 4.79 Å². The summed E-state index contributed by atoms with van der Waals surface area (Å²) < 4.78 is 10.5. The van der Waals surface area contributed by atoms with Crippen molar-refractivity contribution in [3.05, 3.63) is 34.9 Å². The number of benzene rings is 1. The third kappa shape index (κ3) is 4.41. The zero-order chi connectivity index (χ0) is 15.0. The van der Waals surface area contributed by atoms with Crippen molar-refractivity contribution in [3.63, 3.8) is 0 Å². The van der Waals surface area contributed by atoms with Gasteiger partial charge in [-0.1, -0.05) is 32.4 Å². The van der Waals surface area contributed by atoms with Crippen molar-refractivity contribution in [2.24, 2.45) is 0 Å². The van der Waals surface area contributed by atoms with Crippen LogP contribution in [0.25, 0.3) is 6.08 Å². The van der Waals surface area contributed by atoms with E-state index >= 15 is 0 Å². The van der Waals surface area contributed by atoms with Crippen molar-refractivity contribution < 1.29 is 14.3 Å². The fourth-order valence-electron chi connectivity index (χ4n) is 1.95. The molecule has 0 fully saturated rings. The van der Waals surface area contributed by atoms with Gasteiger partial charge in [0.2, 0.25) is 0 Å². The van der Waals surface area contributed by atoms with Gasteiger partial charge in [-0.25, -0.2) is 4.79 Å². The Hall–Kier alpha value is -1.77. The molecule has 0 saturated carbocycles. The molecule has 3 nitrogen and oxygen atoms in total. The van der Waals surface area contributed by atoms with Crippen molar-refractivity contribution in [2.75, 3.05) is 13.7 Å². The molecule has 1 aromatic rings. The first-order chi connectivity index (χ1) is 9.63. The first-order valence-electron chi connectivity index (χ1n) is 7.16. The Bertz CT molecular complexity index is 475. The van der Waals surface area contributed by atoms with Crippen molar-refractivity contribution >= 4 is 12.0 Å². The van der Waals surface area contributed by atoms with Crippen LogP contribution in [0, 0.1) is 6.92 Å². The molecule has 110 valence electrons. The molecule has 0 saturated heterocycles. The van der Waals surface area contributed by atoms with Gasteiger partial charge >= 0.3 is 5.97 Å². The Morgan fingerprint density at radius 3 is 2.60 bits per heavy atom. The second-order valence-corrected chi connectivity index (χ2v) is 4.74. The molecule has 0 heterocycles. The topological polar surface area (TPSA) is 35.5 Å². The van der Waals surface area contributed by atoms with Crippen LogP contribution in [0.3, 0.4) is 0 Å². The van der Waals surface area contributed by atoms with Gasteiger partial charge in [0.15, 0.2) is 0 Å². The third-order valence-electron chi connectivity index (χ3n) is 2.97. The lowest BCUT2D eigenvalue weighted by Crippen LogP contribution is -2.10. The number of carbonyl (C=O) groups excluding carboxylic acids is 1. The number of ether oxygens (including phenoxy) is 2. The molecular weight excluding hydrogens is 252 g/mol. The zero-order valence-corrected chi connectivity index (χ0v) is 12.9. The Morgan fingerprint density at radius 2 is 2.00 bits per heavy atom. The van der Waals surface area contributed by atoms with Crippen LogP contribution in [-0.4, -0.2) is 19.7 Å². The molecule has 0 aliphatic carbocycles. The van der Waals surface area contributed by atoms with Crippen LogP contribution in [0.2, 0.25) is 0 Å². The quantitative estimate of drug-likeness (QED) is 0.693. The Kier molecular flexibility index (Phi) is 6.85. The normalized spacial score (nSPS) is 10.8. The molecule has 20 heavy (non-hydrogen) atoms. The number of methoxy groups -OCH3 is 1. The summed E-state index contributed by atoms with van der Waals surface area (Å²) >= 11 is 0. The highest BCUT2D eigenvalue weighted by Crippen LogP contribution is 2.24. The first-order valence-corrected chi connectivity index (χ1v) is 7.16. The summed E-state index contributed by atoms with van der Waals surface area (Å²) in [5.74, 6) is 0.494. The highest BCUT2D eigenvalue weighted by Gasteiger charge is 2.16. The fourth-order valence-corrected chi connectivity index (χ4v) is 1.95. The van der Waals surface area contributed by atoms with E-state index in [0.717, 1.165) is 36.1 Å². The van der Waals surface area contributed by atoms with E-state index in [2.05, 4.69) is 13.0 Å². The van der Waals surface area contributed by atoms with E-state index < -0.39 is 0 Å². The molecule has 3 heteroatoms. The van der Waals surface area contributed by atoms with Crippen LogP contribution in [-0.2, 0) is 4.74 Å². The molecule has 0 N–H and O–H groups in total. The van der Waals surface area contributed by atoms with E-state index in [4.69, 9.17) is 9.47 Å². The van der Waals surface area contributed by atoms with E-state index in [0.29, 0.717) is 12.2 Å². The monoisotopic (exact) mass is 276 g/mol. The van der Waals surface area contributed by atoms with Crippen LogP contribution < -0.4 is 4.74 Å². The molecule has 0 aromatic heterocycles. The van der Waals surface area contributed by atoms with Gasteiger partial charge < -0.3 is 9.47 Å². The number of hydrogen-bond acceptors (Lipinski definition) is 3. The maximum absolute atomic E-state index is 12.2. The second-order valence-electron chi connectivity index (χ2n) is 4.74. The van der Waals surface area contributed by atoms with E-state index in [1.54, 1.807) is 7.11 Å². The number of aryl methyl sites for hydroxylation is 1. The number of unbranched alkanes of at least 4 members (excludes halogenated alkanes) is 1. The van der Waals surface area contributed by atoms with Gasteiger partial charge in [0.05, 0.1) is 19.3 Å². The SMILES string of the molecule is CCC/C=C/c1cc(OC)cc(C)c1C(=O)OCCC. The molecule has 0 bridgehead atoms. The van der Waals surface area contributed by atoms with E-state index in [1.165, 1.54) is 0 Å². The van der Waals surface area contributed by atoms with Crippen LogP contribution in [0.4, 0.5) is 0 Å². The standard InChI is InChI=1S/C17H24O3/c1-5-7-8-9-14-12-15(19-4)11-13(3)16(14)17(18)20-10-6-2/h8-9,11-12H,5-7,10H2,1-4H3/b9-8+. The van der Waals surface area contributed by atoms with E-state index in [-0.39, 0.29) is 5.97 Å². The summed E-state index contributed by atoms with van der Waals surface area (Å²) in [5.41, 5.74) is 2.37. The maximum Gasteiger partial charge on any atom is 0.339 e. The van der Waals surface area contributed by atoms with E-state index in [1.807, 2.05) is 32.1 Å². The van der Waals surface area contributed by atoms with Gasteiger partial charge in [0.25, 0.3) is 0 Å². The van der Waals surface area contributed by atoms with Crippen molar-refractivity contribution in [1.29, 1.82) is 0 Å². The molecule has 0 aliphatic heterocycles. The molecule has 1 rings (SSSR count). The molecule has 1 aromatic carbocycles. The highest BCUT2D eigenvalue weighted by molar-refractivity contribution is 5.95. The Balaban J connectivity index is 3.14. The fraction of sp³-hybridized carbons (Fsp3) is 0.471. The number of allylic oxidation sites excluding steroid dienone is 1. The minimum Gasteiger partial charge on any atom is -0.497 e. The Labute approximate surface area is 121 Å². The second kappa shape index (κ2) is 8.41. The average Bonchev–Trinajstić information content (AvgIpc) is 2.44. The zero-order valence-electron chi connectivity index (χ0n) is 12.9. The maximum atomic E-state index is 12.2. The van der Waals surface area contributed by atoms with Gasteiger partial charge in [0.1, 0.15) is 5.75 Å². The predicted molar refractivity (Wildman–Crippen MR) is 82.2 cm³/mol. The summed E-state index contributed by atoms with van der Waals surface area (Å²) in [4.78, 5) is 12.2. The van der Waals surface area contributed by atoms with Gasteiger partial charge in [0, 0.05) is 0 Å². The van der Waals surface area contributed by atoms with Crippen molar-refractivity contribution in [3.8, 4) is 5.75 Å². The third-order valence-corrected chi connectivity index (χ3v) is 2.97. The summed E-state index contributed by atoms with van der Waals surface area (Å²) in [7, 11) is 1.63. The molecule has 0 atom stereocenters. The minimum absolute atomic E-state index is 0.261. The summed E-state index contributed by atoms with van der Waals surface area (Å²) in [6, 6.07) is 3.74. The van der Waals surface area contributed by atoms with Gasteiger partial charge in [-0.2, -0.15) is 0 Å². The summed E-state index contributed by atoms with van der Waals surface area (Å²) in [6.07, 6.45) is 6.93. The molecule has 0 spiro atoms. The van der Waals surface area contributed by atoms with Gasteiger partial charge in [-0.3, -0.25) is 0 Å². The molecule has 0 aliphatic rings. The predicted octanol–water partition coefficient (Wildman–Crippen LogP) is 4.38. The molecule has 0 radical (unpaired) electrons. The number of esters is 1. The summed E-state index contributed by atoms with van der Waals surface area (Å²) in [5, 5.41) is 0. The average molecular weight is 276 g/mol. The molecular formula is C17H24O3. The Morgan fingerprint density at radius 1 is 1.25 bits per heavy atom. The summed E-state index contributed by atoms with van der Waals surface area (Å²) in [6.45, 7) is 6.46. The van der Waals surface area contributed by atoms with Crippen molar-refractivity contribution in [1.82, 2.24) is 0 Å². The lowest BCUT2D eigenvalue weighted by molar-refractivity contribution is 0.0504. The number of rotatable bonds is 7. The molecule has 0 amide bonds. The van der Waals surface area contributed by atoms with Crippen LogP contribution in [0.1, 0.15) is 54.6 Å². The van der Waals surface area contributed by atoms with Crippen LogP contribution in [0.5, 0.6) is 5.75 Å².